The normalized spacial score (nSPS) is 10.4. The third-order valence-electron chi connectivity index (χ3n) is 2.81. The van der Waals surface area contributed by atoms with Gasteiger partial charge in [0.15, 0.2) is 0 Å². The van der Waals surface area contributed by atoms with Crippen LogP contribution in [0.1, 0.15) is 21.6 Å². The number of carbonyl (C=O) groups excluding carboxylic acids is 1. The van der Waals surface area contributed by atoms with Crippen molar-refractivity contribution in [1.82, 2.24) is 9.78 Å². The summed E-state index contributed by atoms with van der Waals surface area (Å²) in [6.07, 6.45) is 1.47. The molecule has 0 atom stereocenters. The average Bonchev–Trinajstić information content (AvgIpc) is 2.62. The van der Waals surface area contributed by atoms with E-state index in [-0.39, 0.29) is 5.91 Å². The number of nitrogens with zero attached hydrogens (tertiary/aromatic N) is 2. The Morgan fingerprint density at radius 1 is 1.39 bits per heavy atom. The minimum absolute atomic E-state index is 0.251. The minimum Gasteiger partial charge on any atom is -0.396 e. The van der Waals surface area contributed by atoms with Gasteiger partial charge in [-0.2, -0.15) is 5.10 Å². The van der Waals surface area contributed by atoms with E-state index in [0.717, 1.165) is 16.8 Å². The number of hydrogen-bond acceptors (Lipinski definition) is 3. The van der Waals surface area contributed by atoms with Gasteiger partial charge in [-0.05, 0) is 25.5 Å². The summed E-state index contributed by atoms with van der Waals surface area (Å²) in [5.74, 6) is -0.251. The van der Waals surface area contributed by atoms with E-state index < -0.39 is 0 Å². The molecular formula is C13H16N4O. The Hall–Kier alpha value is -2.30. The number of rotatable bonds is 2. The summed E-state index contributed by atoms with van der Waals surface area (Å²) in [4.78, 5) is 12.1. The van der Waals surface area contributed by atoms with Crippen LogP contribution in [0.3, 0.4) is 0 Å². The summed E-state index contributed by atoms with van der Waals surface area (Å²) in [6.45, 7) is 3.97. The Bertz CT molecular complexity index is 582. The van der Waals surface area contributed by atoms with Crippen LogP contribution in [0.25, 0.3) is 0 Å². The molecule has 1 aromatic heterocycles. The lowest BCUT2D eigenvalue weighted by Crippen LogP contribution is -2.18. The fraction of sp³-hybridized carbons (Fsp3) is 0.231. The van der Waals surface area contributed by atoms with Crippen molar-refractivity contribution in [3.8, 4) is 0 Å². The summed E-state index contributed by atoms with van der Waals surface area (Å²) in [5, 5.41) is 6.79. The maximum Gasteiger partial charge on any atom is 0.276 e. The molecule has 94 valence electrons. The summed E-state index contributed by atoms with van der Waals surface area (Å²) >= 11 is 0. The summed E-state index contributed by atoms with van der Waals surface area (Å²) in [5.41, 5.74) is 9.42. The molecule has 1 heterocycles. The zero-order valence-corrected chi connectivity index (χ0v) is 10.7. The zero-order chi connectivity index (χ0) is 13.3. The number of nitrogens with two attached hydrogens (primary N) is 1. The second-order valence-electron chi connectivity index (χ2n) is 4.34. The highest BCUT2D eigenvalue weighted by Gasteiger charge is 2.15. The molecule has 0 radical (unpaired) electrons. The first kappa shape index (κ1) is 12.2. The Balaban J connectivity index is 2.27. The molecule has 1 amide bonds. The SMILES string of the molecule is Cc1ccc(NC(=O)c2c(N)cnn2C)c(C)c1. The lowest BCUT2D eigenvalue weighted by molar-refractivity contribution is 0.101. The number of aromatic nitrogens is 2. The fourth-order valence-corrected chi connectivity index (χ4v) is 1.87. The summed E-state index contributed by atoms with van der Waals surface area (Å²) < 4.78 is 1.47. The number of hydrogen-bond donors (Lipinski definition) is 2. The van der Waals surface area contributed by atoms with Crippen LogP contribution in [-0.4, -0.2) is 15.7 Å². The van der Waals surface area contributed by atoms with Gasteiger partial charge in [-0.3, -0.25) is 9.48 Å². The van der Waals surface area contributed by atoms with Crippen molar-refractivity contribution >= 4 is 17.3 Å². The van der Waals surface area contributed by atoms with E-state index in [4.69, 9.17) is 5.73 Å². The molecule has 0 saturated heterocycles. The first-order valence-electron chi connectivity index (χ1n) is 5.65. The first-order valence-corrected chi connectivity index (χ1v) is 5.65. The molecule has 1 aromatic carbocycles. The smallest absolute Gasteiger partial charge is 0.276 e. The van der Waals surface area contributed by atoms with Gasteiger partial charge in [0.25, 0.3) is 5.91 Å². The number of nitrogen functional groups attached to an aromatic ring is 1. The van der Waals surface area contributed by atoms with Crippen LogP contribution in [0.15, 0.2) is 24.4 Å². The molecular weight excluding hydrogens is 228 g/mol. The zero-order valence-electron chi connectivity index (χ0n) is 10.7. The summed E-state index contributed by atoms with van der Waals surface area (Å²) in [6, 6.07) is 5.85. The van der Waals surface area contributed by atoms with E-state index in [1.165, 1.54) is 10.9 Å². The van der Waals surface area contributed by atoms with Crippen molar-refractivity contribution in [2.75, 3.05) is 11.1 Å². The molecule has 2 rings (SSSR count). The van der Waals surface area contributed by atoms with E-state index in [0.29, 0.717) is 11.4 Å². The maximum absolute atomic E-state index is 12.1. The predicted octanol–water partition coefficient (Wildman–Crippen LogP) is 1.87. The molecule has 5 heteroatoms. The van der Waals surface area contributed by atoms with Crippen molar-refractivity contribution in [2.24, 2.45) is 7.05 Å². The van der Waals surface area contributed by atoms with E-state index in [9.17, 15) is 4.79 Å². The predicted molar refractivity (Wildman–Crippen MR) is 71.5 cm³/mol. The molecule has 3 N–H and O–H groups in total. The molecule has 0 saturated carbocycles. The maximum atomic E-state index is 12.1. The van der Waals surface area contributed by atoms with Gasteiger partial charge < -0.3 is 11.1 Å². The third kappa shape index (κ3) is 2.20. The van der Waals surface area contributed by atoms with Gasteiger partial charge in [0.1, 0.15) is 5.69 Å². The van der Waals surface area contributed by atoms with E-state index in [1.807, 2.05) is 32.0 Å². The number of nitrogens with one attached hydrogen (secondary N) is 1. The third-order valence-corrected chi connectivity index (χ3v) is 2.81. The van der Waals surface area contributed by atoms with Crippen LogP contribution in [0.2, 0.25) is 0 Å². The number of amides is 1. The van der Waals surface area contributed by atoms with Gasteiger partial charge in [0, 0.05) is 12.7 Å². The second-order valence-corrected chi connectivity index (χ2v) is 4.34. The molecule has 5 nitrogen and oxygen atoms in total. The standard InChI is InChI=1S/C13H16N4O/c1-8-4-5-11(9(2)6-8)16-13(18)12-10(14)7-15-17(12)3/h4-7H,14H2,1-3H3,(H,16,18). The fourth-order valence-electron chi connectivity index (χ4n) is 1.87. The molecule has 18 heavy (non-hydrogen) atoms. The highest BCUT2D eigenvalue weighted by molar-refractivity contribution is 6.06. The lowest BCUT2D eigenvalue weighted by Gasteiger charge is -2.09. The van der Waals surface area contributed by atoms with Crippen LogP contribution in [-0.2, 0) is 7.05 Å². The van der Waals surface area contributed by atoms with Crippen molar-refractivity contribution < 1.29 is 4.79 Å². The molecule has 0 bridgehead atoms. The Morgan fingerprint density at radius 2 is 2.11 bits per heavy atom. The van der Waals surface area contributed by atoms with Gasteiger partial charge in [0.2, 0.25) is 0 Å². The number of aryl methyl sites for hydroxylation is 3. The highest BCUT2D eigenvalue weighted by Crippen LogP contribution is 2.18. The van der Waals surface area contributed by atoms with Gasteiger partial charge in [-0.1, -0.05) is 17.7 Å². The highest BCUT2D eigenvalue weighted by atomic mass is 16.2. The first-order chi connectivity index (χ1) is 8.49. The van der Waals surface area contributed by atoms with Gasteiger partial charge in [-0.15, -0.1) is 0 Å². The summed E-state index contributed by atoms with van der Waals surface area (Å²) in [7, 11) is 1.69. The lowest BCUT2D eigenvalue weighted by atomic mass is 10.1. The van der Waals surface area contributed by atoms with Gasteiger partial charge >= 0.3 is 0 Å². The molecule has 0 aliphatic carbocycles. The Labute approximate surface area is 106 Å². The number of anilines is 2. The van der Waals surface area contributed by atoms with Crippen LogP contribution in [0.4, 0.5) is 11.4 Å². The van der Waals surface area contributed by atoms with Crippen LogP contribution in [0, 0.1) is 13.8 Å². The van der Waals surface area contributed by atoms with Crippen molar-refractivity contribution in [2.45, 2.75) is 13.8 Å². The van der Waals surface area contributed by atoms with Crippen molar-refractivity contribution in [1.29, 1.82) is 0 Å². The molecule has 2 aromatic rings. The quantitative estimate of drug-likeness (QED) is 0.847. The molecule has 0 fully saturated rings. The average molecular weight is 244 g/mol. The van der Waals surface area contributed by atoms with Crippen LogP contribution >= 0.6 is 0 Å². The van der Waals surface area contributed by atoms with Gasteiger partial charge in [0.05, 0.1) is 11.9 Å². The monoisotopic (exact) mass is 244 g/mol. The second kappa shape index (κ2) is 4.52. The Morgan fingerprint density at radius 3 is 2.67 bits per heavy atom. The number of benzene rings is 1. The van der Waals surface area contributed by atoms with Crippen molar-refractivity contribution in [3.63, 3.8) is 0 Å². The minimum atomic E-state index is -0.251. The van der Waals surface area contributed by atoms with Gasteiger partial charge in [-0.25, -0.2) is 0 Å². The van der Waals surface area contributed by atoms with Crippen LogP contribution in [0.5, 0.6) is 0 Å². The number of carbonyl (C=O) groups is 1. The largest absolute Gasteiger partial charge is 0.396 e. The van der Waals surface area contributed by atoms with E-state index in [2.05, 4.69) is 10.4 Å². The van der Waals surface area contributed by atoms with Crippen molar-refractivity contribution in [3.05, 3.63) is 41.2 Å². The van der Waals surface area contributed by atoms with E-state index in [1.54, 1.807) is 7.05 Å². The molecule has 0 aliphatic heterocycles. The van der Waals surface area contributed by atoms with Crippen LogP contribution < -0.4 is 11.1 Å². The van der Waals surface area contributed by atoms with E-state index >= 15 is 0 Å². The molecule has 0 unspecified atom stereocenters. The topological polar surface area (TPSA) is 72.9 Å². The molecule has 0 aliphatic rings. The Kier molecular flexibility index (Phi) is 3.06. The molecule has 0 spiro atoms.